The van der Waals surface area contributed by atoms with Crippen LogP contribution < -0.4 is 5.43 Å². The van der Waals surface area contributed by atoms with Crippen LogP contribution in [0.1, 0.15) is 41.7 Å². The minimum Gasteiger partial charge on any atom is -0.361 e. The van der Waals surface area contributed by atoms with Crippen molar-refractivity contribution in [2.75, 3.05) is 6.54 Å². The van der Waals surface area contributed by atoms with Gasteiger partial charge >= 0.3 is 0 Å². The molecule has 3 heterocycles. The Hall–Kier alpha value is -1.93. The molecule has 2 aromatic rings. The summed E-state index contributed by atoms with van der Waals surface area (Å²) in [4.78, 5) is 15.0. The van der Waals surface area contributed by atoms with E-state index in [4.69, 9.17) is 4.52 Å². The van der Waals surface area contributed by atoms with Crippen molar-refractivity contribution < 1.29 is 12.9 Å². The minimum absolute atomic E-state index is 0.124. The lowest BCUT2D eigenvalue weighted by atomic mass is 10.1. The van der Waals surface area contributed by atoms with Crippen LogP contribution >= 0.6 is 0 Å². The van der Waals surface area contributed by atoms with Crippen molar-refractivity contribution in [1.29, 1.82) is 0 Å². The maximum Gasteiger partial charge on any atom is 0.249 e. The van der Waals surface area contributed by atoms with Crippen molar-refractivity contribution in [2.24, 2.45) is 0 Å². The average Bonchev–Trinajstić information content (AvgIpc) is 3.05. The lowest BCUT2D eigenvalue weighted by molar-refractivity contribution is 0.381. The lowest BCUT2D eigenvalue weighted by Gasteiger charge is -2.24. The molecule has 1 aliphatic heterocycles. The third kappa shape index (κ3) is 2.72. The number of aryl methyl sites for hydroxylation is 3. The largest absolute Gasteiger partial charge is 0.361 e. The van der Waals surface area contributed by atoms with Crippen LogP contribution in [-0.4, -0.2) is 29.4 Å². The number of nitrogens with one attached hydrogen (secondary N) is 1. The van der Waals surface area contributed by atoms with Gasteiger partial charge in [-0.3, -0.25) is 4.79 Å². The Balaban J connectivity index is 2.07. The maximum absolute atomic E-state index is 13.0. The van der Waals surface area contributed by atoms with Gasteiger partial charge in [0, 0.05) is 30.1 Å². The molecule has 124 valence electrons. The second-order valence-corrected chi connectivity index (χ2v) is 7.71. The molecule has 1 fully saturated rings. The van der Waals surface area contributed by atoms with Gasteiger partial charge in [-0.15, -0.1) is 0 Å². The highest BCUT2D eigenvalue weighted by atomic mass is 32.2. The fraction of sp³-hybridized carbons (Fsp3) is 0.467. The zero-order valence-electron chi connectivity index (χ0n) is 13.3. The highest BCUT2D eigenvalue weighted by Gasteiger charge is 2.39. The summed E-state index contributed by atoms with van der Waals surface area (Å²) in [7, 11) is -3.72. The third-order valence-electron chi connectivity index (χ3n) is 4.10. The molecular formula is C15H19N3O4S. The summed E-state index contributed by atoms with van der Waals surface area (Å²) in [5.74, 6) is 0.283. The molecule has 3 rings (SSSR count). The van der Waals surface area contributed by atoms with E-state index in [9.17, 15) is 13.2 Å². The molecule has 0 amide bonds. The average molecular weight is 337 g/mol. The van der Waals surface area contributed by atoms with Gasteiger partial charge in [0.1, 0.15) is 10.6 Å². The number of H-pyrrole nitrogens is 1. The number of hydrogen-bond acceptors (Lipinski definition) is 5. The zero-order valence-corrected chi connectivity index (χ0v) is 14.1. The topological polar surface area (TPSA) is 96.3 Å². The van der Waals surface area contributed by atoms with Crippen molar-refractivity contribution in [2.45, 2.75) is 44.6 Å². The van der Waals surface area contributed by atoms with Crippen LogP contribution in [0, 0.1) is 20.8 Å². The summed E-state index contributed by atoms with van der Waals surface area (Å²) >= 11 is 0. The van der Waals surface area contributed by atoms with Crippen molar-refractivity contribution in [1.82, 2.24) is 14.4 Å². The Labute approximate surface area is 134 Å². The van der Waals surface area contributed by atoms with E-state index in [1.807, 2.05) is 0 Å². The van der Waals surface area contributed by atoms with E-state index in [1.54, 1.807) is 20.8 Å². The summed E-state index contributed by atoms with van der Waals surface area (Å²) in [5, 5.41) is 3.74. The molecule has 1 atom stereocenters. The van der Waals surface area contributed by atoms with E-state index >= 15 is 0 Å². The number of aromatic amines is 1. The molecule has 0 radical (unpaired) electrons. The molecule has 1 saturated heterocycles. The number of aromatic nitrogens is 2. The Morgan fingerprint density at radius 2 is 2.04 bits per heavy atom. The quantitative estimate of drug-likeness (QED) is 0.921. The van der Waals surface area contributed by atoms with E-state index in [0.29, 0.717) is 30.0 Å². The Morgan fingerprint density at radius 3 is 2.65 bits per heavy atom. The van der Waals surface area contributed by atoms with Crippen LogP contribution in [0.4, 0.5) is 0 Å². The molecule has 0 unspecified atom stereocenters. The van der Waals surface area contributed by atoms with E-state index in [2.05, 4.69) is 10.1 Å². The fourth-order valence-corrected chi connectivity index (χ4v) is 5.16. The Morgan fingerprint density at radius 1 is 1.30 bits per heavy atom. The highest BCUT2D eigenvalue weighted by molar-refractivity contribution is 7.89. The summed E-state index contributed by atoms with van der Waals surface area (Å²) in [6, 6.07) is 2.59. The molecule has 7 nitrogen and oxygen atoms in total. The molecule has 2 aromatic heterocycles. The van der Waals surface area contributed by atoms with Gasteiger partial charge in [-0.05, 0) is 33.6 Å². The van der Waals surface area contributed by atoms with Crippen molar-refractivity contribution in [3.8, 4) is 0 Å². The van der Waals surface area contributed by atoms with Crippen LogP contribution in [0.5, 0.6) is 0 Å². The van der Waals surface area contributed by atoms with Crippen molar-refractivity contribution in [3.63, 3.8) is 0 Å². The van der Waals surface area contributed by atoms with Gasteiger partial charge in [-0.1, -0.05) is 5.16 Å². The van der Waals surface area contributed by atoms with Gasteiger partial charge in [0.25, 0.3) is 0 Å². The Bertz CT molecular complexity index is 878. The molecule has 23 heavy (non-hydrogen) atoms. The lowest BCUT2D eigenvalue weighted by Crippen LogP contribution is -2.32. The van der Waals surface area contributed by atoms with E-state index < -0.39 is 10.0 Å². The van der Waals surface area contributed by atoms with Crippen LogP contribution in [0.15, 0.2) is 26.3 Å². The first kappa shape index (κ1) is 15.9. The first-order valence-corrected chi connectivity index (χ1v) is 8.90. The second kappa shape index (κ2) is 5.61. The number of pyridine rings is 1. The monoisotopic (exact) mass is 337 g/mol. The molecule has 0 bridgehead atoms. The molecule has 0 spiro atoms. The summed E-state index contributed by atoms with van der Waals surface area (Å²) in [6.07, 6.45) is 1.41. The Kier molecular flexibility index (Phi) is 3.89. The van der Waals surface area contributed by atoms with Crippen molar-refractivity contribution in [3.05, 3.63) is 45.2 Å². The van der Waals surface area contributed by atoms with Crippen LogP contribution in [0.3, 0.4) is 0 Å². The van der Waals surface area contributed by atoms with Gasteiger partial charge in [-0.2, -0.15) is 4.31 Å². The minimum atomic E-state index is -3.72. The van der Waals surface area contributed by atoms with Crippen LogP contribution in [0.25, 0.3) is 0 Å². The van der Waals surface area contributed by atoms with Gasteiger partial charge < -0.3 is 9.51 Å². The molecule has 0 aromatic carbocycles. The number of rotatable bonds is 3. The normalized spacial score (nSPS) is 19.3. The SMILES string of the molecule is Cc1cc(=O)cc([C@@H]2CCCN2S(=O)(=O)c2c(C)noc2C)[nH]1. The van der Waals surface area contributed by atoms with Gasteiger partial charge in [0.2, 0.25) is 10.0 Å². The molecule has 0 saturated carbocycles. The predicted molar refractivity (Wildman–Crippen MR) is 83.6 cm³/mol. The molecule has 0 aliphatic carbocycles. The molecule has 1 aliphatic rings. The smallest absolute Gasteiger partial charge is 0.249 e. The second-order valence-electron chi connectivity index (χ2n) is 5.88. The number of sulfonamides is 1. The molecule has 1 N–H and O–H groups in total. The van der Waals surface area contributed by atoms with Crippen molar-refractivity contribution >= 4 is 10.0 Å². The van der Waals surface area contributed by atoms with E-state index in [-0.39, 0.29) is 22.1 Å². The summed E-state index contributed by atoms with van der Waals surface area (Å²) in [5.41, 5.74) is 1.57. The van der Waals surface area contributed by atoms with Gasteiger partial charge in [-0.25, -0.2) is 8.42 Å². The molecule has 8 heteroatoms. The van der Waals surface area contributed by atoms with E-state index in [0.717, 1.165) is 6.42 Å². The first-order valence-electron chi connectivity index (χ1n) is 7.46. The standard InChI is InChI=1S/C15H19N3O4S/c1-9-7-12(19)8-13(16-9)14-5-4-6-18(14)23(20,21)15-10(2)17-22-11(15)3/h7-8,14H,4-6H2,1-3H3,(H,16,19)/t14-/m0/s1. The predicted octanol–water partition coefficient (Wildman–Crippen LogP) is 1.81. The third-order valence-corrected chi connectivity index (χ3v) is 6.25. The van der Waals surface area contributed by atoms with Gasteiger partial charge in [0.15, 0.2) is 11.2 Å². The molecular weight excluding hydrogens is 318 g/mol. The fourth-order valence-electron chi connectivity index (χ4n) is 3.19. The van der Waals surface area contributed by atoms with Gasteiger partial charge in [0.05, 0.1) is 6.04 Å². The zero-order chi connectivity index (χ0) is 16.8. The maximum atomic E-state index is 13.0. The van der Waals surface area contributed by atoms with E-state index in [1.165, 1.54) is 16.4 Å². The summed E-state index contributed by atoms with van der Waals surface area (Å²) in [6.45, 7) is 5.40. The summed E-state index contributed by atoms with van der Waals surface area (Å²) < 4.78 is 32.5. The van der Waals surface area contributed by atoms with Crippen LogP contribution in [0.2, 0.25) is 0 Å². The number of hydrogen-bond donors (Lipinski definition) is 1. The highest BCUT2D eigenvalue weighted by Crippen LogP contribution is 2.37. The van der Waals surface area contributed by atoms with Crippen LogP contribution in [-0.2, 0) is 10.0 Å². The first-order chi connectivity index (χ1) is 10.8. The number of nitrogens with zero attached hydrogens (tertiary/aromatic N) is 2.